The molecule has 4 nitrogen and oxygen atoms in total. The predicted molar refractivity (Wildman–Crippen MR) is 138 cm³/mol. The Morgan fingerprint density at radius 2 is 1.03 bits per heavy atom. The van der Waals surface area contributed by atoms with Gasteiger partial charge in [-0.3, -0.25) is 0 Å². The van der Waals surface area contributed by atoms with Crippen molar-refractivity contribution in [2.45, 2.75) is 122 Å². The van der Waals surface area contributed by atoms with Gasteiger partial charge in [0.15, 0.2) is 0 Å². The quantitative estimate of drug-likeness (QED) is 0.116. The number of hydrogen-bond acceptors (Lipinski definition) is 4. The highest BCUT2D eigenvalue weighted by Gasteiger charge is 2.49. The molecule has 0 aliphatic carbocycles. The van der Waals surface area contributed by atoms with Gasteiger partial charge in [-0.05, 0) is 39.4 Å². The third-order valence-electron chi connectivity index (χ3n) is 6.93. The third kappa shape index (κ3) is 14.0. The Hall–Kier alpha value is 0.0569. The largest absolute Gasteiger partial charge is 0.503 e. The van der Waals surface area contributed by atoms with Crippen molar-refractivity contribution in [3.05, 3.63) is 0 Å². The maximum atomic E-state index is 5.92. The van der Waals surface area contributed by atoms with Crippen molar-refractivity contribution in [2.24, 2.45) is 5.92 Å². The summed E-state index contributed by atoms with van der Waals surface area (Å²) >= 11 is 0. The van der Waals surface area contributed by atoms with Gasteiger partial charge in [-0.15, -0.1) is 0 Å². The monoisotopic (exact) mass is 459 g/mol. The van der Waals surface area contributed by atoms with Gasteiger partial charge >= 0.3 is 8.80 Å². The molecule has 0 radical (unpaired) electrons. The normalized spacial score (nSPS) is 14.3. The Morgan fingerprint density at radius 1 is 0.613 bits per heavy atom. The van der Waals surface area contributed by atoms with E-state index in [0.717, 1.165) is 6.42 Å². The van der Waals surface area contributed by atoms with Crippen molar-refractivity contribution in [1.82, 2.24) is 4.90 Å². The van der Waals surface area contributed by atoms with Crippen molar-refractivity contribution in [1.29, 1.82) is 0 Å². The van der Waals surface area contributed by atoms with Gasteiger partial charge in [-0.1, -0.05) is 104 Å². The second-order valence-electron chi connectivity index (χ2n) is 9.61. The van der Waals surface area contributed by atoms with Crippen LogP contribution in [0.1, 0.15) is 117 Å². The Kier molecular flexibility index (Phi) is 20.7. The second-order valence-corrected chi connectivity index (χ2v) is 12.8. The summed E-state index contributed by atoms with van der Waals surface area (Å²) in [6.07, 6.45) is 21.4. The first-order valence-electron chi connectivity index (χ1n) is 13.3. The van der Waals surface area contributed by atoms with E-state index in [1.165, 1.54) is 103 Å². The molecular formula is C26H57NO3Si. The van der Waals surface area contributed by atoms with Gasteiger partial charge in [0.25, 0.3) is 0 Å². The summed E-state index contributed by atoms with van der Waals surface area (Å²) in [4.78, 5) is 2.29. The van der Waals surface area contributed by atoms with Crippen LogP contribution in [0.5, 0.6) is 0 Å². The number of rotatable bonds is 23. The van der Waals surface area contributed by atoms with Gasteiger partial charge in [0.1, 0.15) is 0 Å². The lowest BCUT2D eigenvalue weighted by atomic mass is 9.90. The van der Waals surface area contributed by atoms with E-state index in [4.69, 9.17) is 13.3 Å². The molecule has 31 heavy (non-hydrogen) atoms. The fraction of sp³-hybridized carbons (Fsp3) is 1.00. The molecule has 0 rings (SSSR count). The highest BCUT2D eigenvalue weighted by Crippen LogP contribution is 2.40. The maximum Gasteiger partial charge on any atom is 0.503 e. The predicted octanol–water partition coefficient (Wildman–Crippen LogP) is 7.69. The molecule has 0 saturated carbocycles. The number of unbranched alkanes of at least 4 members (excludes halogenated alkanes) is 11. The molecule has 0 fully saturated rings. The topological polar surface area (TPSA) is 30.9 Å². The molecule has 0 saturated heterocycles. The highest BCUT2D eigenvalue weighted by molar-refractivity contribution is 6.62. The van der Waals surface area contributed by atoms with Crippen LogP contribution in [0.25, 0.3) is 0 Å². The van der Waals surface area contributed by atoms with Gasteiger partial charge in [0.2, 0.25) is 0 Å². The zero-order valence-electron chi connectivity index (χ0n) is 22.3. The summed E-state index contributed by atoms with van der Waals surface area (Å²) in [5.74, 6) is 0.651. The van der Waals surface area contributed by atoms with Crippen molar-refractivity contribution < 1.29 is 13.3 Å². The Bertz CT molecular complexity index is 369. The molecule has 2 unspecified atom stereocenters. The minimum Gasteiger partial charge on any atom is -0.377 e. The number of nitrogens with zero attached hydrogens (tertiary/aromatic N) is 1. The third-order valence-corrected chi connectivity index (χ3v) is 10.4. The molecule has 0 aliphatic rings. The second kappa shape index (κ2) is 20.6. The van der Waals surface area contributed by atoms with E-state index in [1.807, 2.05) is 0 Å². The fourth-order valence-electron chi connectivity index (χ4n) is 5.03. The number of hydrogen-bond donors (Lipinski definition) is 0. The van der Waals surface area contributed by atoms with E-state index in [1.54, 1.807) is 21.3 Å². The van der Waals surface area contributed by atoms with E-state index in [-0.39, 0.29) is 0 Å². The van der Waals surface area contributed by atoms with E-state index in [0.29, 0.717) is 11.5 Å². The zero-order valence-corrected chi connectivity index (χ0v) is 23.3. The zero-order chi connectivity index (χ0) is 23.4. The van der Waals surface area contributed by atoms with Gasteiger partial charge in [-0.25, -0.2) is 0 Å². The molecule has 0 spiro atoms. The summed E-state index contributed by atoms with van der Waals surface area (Å²) in [6.45, 7) is 5.78. The molecule has 0 amide bonds. The summed E-state index contributed by atoms with van der Waals surface area (Å²) in [5, 5.41) is 0. The van der Waals surface area contributed by atoms with E-state index >= 15 is 0 Å². The summed E-state index contributed by atoms with van der Waals surface area (Å²) in [6, 6.07) is 0. The summed E-state index contributed by atoms with van der Waals surface area (Å²) in [7, 11) is 7.06. The molecule has 0 aromatic rings. The Morgan fingerprint density at radius 3 is 1.42 bits per heavy atom. The molecule has 2 atom stereocenters. The van der Waals surface area contributed by atoms with Crippen LogP contribution in [-0.2, 0) is 13.3 Å². The maximum absolute atomic E-state index is 5.92. The minimum absolute atomic E-state index is 0.408. The van der Waals surface area contributed by atoms with Crippen molar-refractivity contribution in [3.8, 4) is 0 Å². The molecule has 5 heteroatoms. The van der Waals surface area contributed by atoms with Crippen LogP contribution in [0.3, 0.4) is 0 Å². The van der Waals surface area contributed by atoms with E-state index in [9.17, 15) is 0 Å². The van der Waals surface area contributed by atoms with E-state index in [2.05, 4.69) is 32.8 Å². The van der Waals surface area contributed by atoms with Crippen LogP contribution in [-0.4, -0.2) is 55.7 Å². The lowest BCUT2D eigenvalue weighted by molar-refractivity contribution is 0.0969. The standard InChI is InChI=1S/C26H57NO3Si/c1-8-10-11-12-13-14-16-19-22-25(23-20-17-15-18-21-24-27(3)4)26(9-2)31(28-5,29-6)30-7/h25-26H,8-24H2,1-7H3. The highest BCUT2D eigenvalue weighted by atomic mass is 28.4. The van der Waals surface area contributed by atoms with Crippen LogP contribution >= 0.6 is 0 Å². The lowest BCUT2D eigenvalue weighted by Crippen LogP contribution is -2.50. The molecule has 188 valence electrons. The Balaban J connectivity index is 4.59. The first-order valence-corrected chi connectivity index (χ1v) is 15.1. The average molecular weight is 460 g/mol. The van der Waals surface area contributed by atoms with Crippen LogP contribution in [0.2, 0.25) is 5.54 Å². The molecule has 0 aromatic heterocycles. The minimum atomic E-state index is -2.60. The SMILES string of the molecule is CCCCCCCCCCC(CCCCCCCN(C)C)C(CC)[Si](OC)(OC)OC. The average Bonchev–Trinajstić information content (AvgIpc) is 2.77. The molecule has 0 heterocycles. The first kappa shape index (κ1) is 31.1. The molecule has 0 aromatic carbocycles. The molecular weight excluding hydrogens is 402 g/mol. The van der Waals surface area contributed by atoms with Gasteiger partial charge < -0.3 is 18.2 Å². The van der Waals surface area contributed by atoms with Crippen molar-refractivity contribution in [3.63, 3.8) is 0 Å². The fourth-order valence-corrected chi connectivity index (χ4v) is 7.85. The van der Waals surface area contributed by atoms with Crippen LogP contribution in [0.15, 0.2) is 0 Å². The van der Waals surface area contributed by atoms with Crippen LogP contribution < -0.4 is 0 Å². The summed E-state index contributed by atoms with van der Waals surface area (Å²) < 4.78 is 17.8. The van der Waals surface area contributed by atoms with Crippen LogP contribution in [0, 0.1) is 5.92 Å². The van der Waals surface area contributed by atoms with Gasteiger partial charge in [0, 0.05) is 26.9 Å². The molecule has 0 N–H and O–H groups in total. The summed E-state index contributed by atoms with van der Waals surface area (Å²) in [5.41, 5.74) is 0.408. The Labute approximate surface area is 197 Å². The van der Waals surface area contributed by atoms with Crippen molar-refractivity contribution in [2.75, 3.05) is 42.0 Å². The molecule has 0 bridgehead atoms. The van der Waals surface area contributed by atoms with Gasteiger partial charge in [-0.2, -0.15) is 0 Å². The lowest BCUT2D eigenvalue weighted by Gasteiger charge is -2.37. The van der Waals surface area contributed by atoms with E-state index < -0.39 is 8.80 Å². The molecule has 0 aliphatic heterocycles. The van der Waals surface area contributed by atoms with Crippen molar-refractivity contribution >= 4 is 8.80 Å². The first-order chi connectivity index (χ1) is 15.0. The van der Waals surface area contributed by atoms with Crippen LogP contribution in [0.4, 0.5) is 0 Å². The van der Waals surface area contributed by atoms with Gasteiger partial charge in [0.05, 0.1) is 0 Å². The smallest absolute Gasteiger partial charge is 0.377 e.